The molecule has 1 aliphatic carbocycles. The molecule has 2 aromatic carbocycles. The zero-order valence-corrected chi connectivity index (χ0v) is 12.1. The van der Waals surface area contributed by atoms with Gasteiger partial charge >= 0.3 is 5.97 Å². The highest BCUT2D eigenvalue weighted by Crippen LogP contribution is 2.32. The molecule has 0 bridgehead atoms. The maximum Gasteiger partial charge on any atom is 0.317 e. The molecule has 1 saturated carbocycles. The monoisotopic (exact) mass is 285 g/mol. The first kappa shape index (κ1) is 13.9. The van der Waals surface area contributed by atoms with Crippen LogP contribution in [0.15, 0.2) is 36.4 Å². The summed E-state index contributed by atoms with van der Waals surface area (Å²) < 4.78 is 5.40. The lowest BCUT2D eigenvalue weighted by Crippen LogP contribution is -2.31. The minimum absolute atomic E-state index is 0.102. The van der Waals surface area contributed by atoms with Crippen molar-refractivity contribution in [2.24, 2.45) is 0 Å². The van der Waals surface area contributed by atoms with Gasteiger partial charge in [0.15, 0.2) is 0 Å². The summed E-state index contributed by atoms with van der Waals surface area (Å²) in [5.41, 5.74) is 1.15. The molecule has 4 nitrogen and oxygen atoms in total. The molecule has 0 aliphatic heterocycles. The van der Waals surface area contributed by atoms with Gasteiger partial charge in [0, 0.05) is 18.0 Å². The van der Waals surface area contributed by atoms with E-state index in [1.54, 1.807) is 7.11 Å². The summed E-state index contributed by atoms with van der Waals surface area (Å²) in [6.07, 6.45) is 2.20. The van der Waals surface area contributed by atoms with Gasteiger partial charge in [-0.05, 0) is 29.9 Å². The van der Waals surface area contributed by atoms with Gasteiger partial charge < -0.3 is 9.84 Å². The number of carbonyl (C=O) groups is 1. The number of nitrogens with zero attached hydrogens (tertiary/aromatic N) is 1. The van der Waals surface area contributed by atoms with Gasteiger partial charge in [0.05, 0.1) is 13.7 Å². The van der Waals surface area contributed by atoms with Crippen LogP contribution in [0.5, 0.6) is 5.75 Å². The Morgan fingerprint density at radius 1 is 1.24 bits per heavy atom. The van der Waals surface area contributed by atoms with Crippen LogP contribution in [-0.2, 0) is 11.3 Å². The van der Waals surface area contributed by atoms with Crippen molar-refractivity contribution in [2.45, 2.75) is 25.4 Å². The second kappa shape index (κ2) is 5.74. The lowest BCUT2D eigenvalue weighted by molar-refractivity contribution is -0.138. The lowest BCUT2D eigenvalue weighted by Gasteiger charge is -2.21. The van der Waals surface area contributed by atoms with Crippen molar-refractivity contribution in [3.8, 4) is 5.75 Å². The summed E-state index contributed by atoms with van der Waals surface area (Å²) in [5.74, 6) is 0.0882. The van der Waals surface area contributed by atoms with Crippen LogP contribution in [-0.4, -0.2) is 35.7 Å². The van der Waals surface area contributed by atoms with Crippen LogP contribution in [0.25, 0.3) is 10.8 Å². The normalized spacial score (nSPS) is 14.6. The van der Waals surface area contributed by atoms with Gasteiger partial charge in [-0.2, -0.15) is 0 Å². The van der Waals surface area contributed by atoms with E-state index in [0.29, 0.717) is 12.6 Å². The lowest BCUT2D eigenvalue weighted by atomic mass is 10.0. The first-order valence-corrected chi connectivity index (χ1v) is 7.19. The molecule has 0 spiro atoms. The molecule has 110 valence electrons. The number of ether oxygens (including phenoxy) is 1. The topological polar surface area (TPSA) is 49.8 Å². The summed E-state index contributed by atoms with van der Waals surface area (Å²) in [5, 5.41) is 11.3. The standard InChI is InChI=1S/C17H19NO3/c1-21-16-9-6-12(14-4-2-3-5-15(14)16)10-18(11-17(19)20)13-7-8-13/h2-6,9,13H,7-8,10-11H2,1H3,(H,19,20). The number of benzene rings is 2. The van der Waals surface area contributed by atoms with E-state index in [4.69, 9.17) is 9.84 Å². The van der Waals surface area contributed by atoms with Crippen molar-refractivity contribution in [1.82, 2.24) is 4.90 Å². The Hall–Kier alpha value is -2.07. The van der Waals surface area contributed by atoms with Crippen LogP contribution in [0.3, 0.4) is 0 Å². The molecule has 0 unspecified atom stereocenters. The van der Waals surface area contributed by atoms with Gasteiger partial charge in [-0.15, -0.1) is 0 Å². The average Bonchev–Trinajstić information content (AvgIpc) is 3.31. The quantitative estimate of drug-likeness (QED) is 0.886. The minimum Gasteiger partial charge on any atom is -0.496 e. The molecule has 0 radical (unpaired) electrons. The van der Waals surface area contributed by atoms with E-state index in [-0.39, 0.29) is 6.54 Å². The Morgan fingerprint density at radius 2 is 1.95 bits per heavy atom. The molecular weight excluding hydrogens is 266 g/mol. The van der Waals surface area contributed by atoms with Gasteiger partial charge in [0.2, 0.25) is 0 Å². The van der Waals surface area contributed by atoms with E-state index in [2.05, 4.69) is 11.0 Å². The molecule has 4 heteroatoms. The first-order valence-electron chi connectivity index (χ1n) is 7.19. The van der Waals surface area contributed by atoms with Crippen LogP contribution < -0.4 is 4.74 Å². The number of carboxylic acids is 1. The van der Waals surface area contributed by atoms with E-state index < -0.39 is 5.97 Å². The fourth-order valence-electron chi connectivity index (χ4n) is 2.80. The zero-order chi connectivity index (χ0) is 14.8. The fourth-order valence-corrected chi connectivity index (χ4v) is 2.80. The van der Waals surface area contributed by atoms with Gasteiger partial charge in [-0.25, -0.2) is 0 Å². The Kier molecular flexibility index (Phi) is 3.80. The van der Waals surface area contributed by atoms with Gasteiger partial charge in [0.25, 0.3) is 0 Å². The molecule has 0 amide bonds. The van der Waals surface area contributed by atoms with Crippen molar-refractivity contribution in [1.29, 1.82) is 0 Å². The number of methoxy groups -OCH3 is 1. The highest BCUT2D eigenvalue weighted by Gasteiger charge is 2.30. The van der Waals surface area contributed by atoms with Crippen molar-refractivity contribution in [3.05, 3.63) is 42.0 Å². The van der Waals surface area contributed by atoms with Crippen molar-refractivity contribution in [3.63, 3.8) is 0 Å². The Bertz CT molecular complexity index is 664. The molecule has 2 aromatic rings. The molecule has 0 heterocycles. The third-order valence-corrected chi connectivity index (χ3v) is 3.97. The number of aliphatic carboxylic acids is 1. The number of rotatable bonds is 6. The van der Waals surface area contributed by atoms with Crippen LogP contribution in [0.4, 0.5) is 0 Å². The van der Waals surface area contributed by atoms with E-state index in [1.165, 1.54) is 0 Å². The van der Waals surface area contributed by atoms with E-state index >= 15 is 0 Å². The molecule has 1 aliphatic rings. The molecule has 0 aromatic heterocycles. The van der Waals surface area contributed by atoms with Gasteiger partial charge in [-0.1, -0.05) is 30.3 Å². The molecule has 3 rings (SSSR count). The van der Waals surface area contributed by atoms with E-state index in [1.807, 2.05) is 30.3 Å². The van der Waals surface area contributed by atoms with Crippen LogP contribution in [0.2, 0.25) is 0 Å². The highest BCUT2D eigenvalue weighted by atomic mass is 16.5. The maximum atomic E-state index is 11.0. The number of hydrogen-bond acceptors (Lipinski definition) is 3. The molecule has 0 saturated heterocycles. The SMILES string of the molecule is COc1ccc(CN(CC(=O)O)C2CC2)c2ccccc12. The minimum atomic E-state index is -0.764. The summed E-state index contributed by atoms with van der Waals surface area (Å²) in [6, 6.07) is 12.5. The van der Waals surface area contributed by atoms with Crippen molar-refractivity contribution >= 4 is 16.7 Å². The third-order valence-electron chi connectivity index (χ3n) is 3.97. The van der Waals surface area contributed by atoms with Crippen LogP contribution in [0, 0.1) is 0 Å². The van der Waals surface area contributed by atoms with Crippen molar-refractivity contribution < 1.29 is 14.6 Å². The summed E-state index contributed by atoms with van der Waals surface area (Å²) in [7, 11) is 1.67. The molecule has 21 heavy (non-hydrogen) atoms. The Labute approximate surface area is 123 Å². The third kappa shape index (κ3) is 3.00. The Balaban J connectivity index is 1.94. The smallest absolute Gasteiger partial charge is 0.317 e. The predicted molar refractivity (Wildman–Crippen MR) is 81.6 cm³/mol. The largest absolute Gasteiger partial charge is 0.496 e. The summed E-state index contributed by atoms with van der Waals surface area (Å²) in [4.78, 5) is 13.1. The van der Waals surface area contributed by atoms with Crippen LogP contribution in [0.1, 0.15) is 18.4 Å². The molecule has 1 fully saturated rings. The zero-order valence-electron chi connectivity index (χ0n) is 12.1. The van der Waals surface area contributed by atoms with Gasteiger partial charge in [0.1, 0.15) is 5.75 Å². The number of carboxylic acid groups (broad SMARTS) is 1. The highest BCUT2D eigenvalue weighted by molar-refractivity contribution is 5.91. The number of hydrogen-bond donors (Lipinski definition) is 1. The summed E-state index contributed by atoms with van der Waals surface area (Å²) in [6.45, 7) is 0.770. The average molecular weight is 285 g/mol. The predicted octanol–water partition coefficient (Wildman–Crippen LogP) is 2.90. The van der Waals surface area contributed by atoms with Crippen molar-refractivity contribution in [2.75, 3.05) is 13.7 Å². The first-order chi connectivity index (χ1) is 10.2. The Morgan fingerprint density at radius 3 is 2.57 bits per heavy atom. The second-order valence-electron chi connectivity index (χ2n) is 5.50. The summed E-state index contributed by atoms with van der Waals surface area (Å²) >= 11 is 0. The van der Waals surface area contributed by atoms with E-state index in [0.717, 1.165) is 34.9 Å². The van der Waals surface area contributed by atoms with E-state index in [9.17, 15) is 4.79 Å². The van der Waals surface area contributed by atoms with Gasteiger partial charge in [-0.3, -0.25) is 9.69 Å². The molecule has 1 N–H and O–H groups in total. The second-order valence-corrected chi connectivity index (χ2v) is 5.50. The number of fused-ring (bicyclic) bond motifs is 1. The maximum absolute atomic E-state index is 11.0. The fraction of sp³-hybridized carbons (Fsp3) is 0.353. The van der Waals surface area contributed by atoms with Crippen LogP contribution >= 0.6 is 0 Å². The molecule has 0 atom stereocenters. The molecular formula is C17H19NO3.